The molecule has 104 valence electrons. The third-order valence-corrected chi connectivity index (χ3v) is 3.11. The fourth-order valence-electron chi connectivity index (χ4n) is 1.84. The minimum atomic E-state index is -0.562. The maximum Gasteiger partial charge on any atom is 0.236 e. The van der Waals surface area contributed by atoms with Gasteiger partial charge in [0.2, 0.25) is 5.91 Å². The van der Waals surface area contributed by atoms with E-state index in [4.69, 9.17) is 15.2 Å². The predicted molar refractivity (Wildman–Crippen MR) is 73.1 cm³/mol. The lowest BCUT2D eigenvalue weighted by atomic mass is 9.85. The molecule has 5 nitrogen and oxygen atoms in total. The van der Waals surface area contributed by atoms with Gasteiger partial charge in [-0.1, -0.05) is 0 Å². The van der Waals surface area contributed by atoms with E-state index in [0.717, 1.165) is 11.4 Å². The summed E-state index contributed by atoms with van der Waals surface area (Å²) < 4.78 is 10.6. The molecular weight excluding hydrogens is 244 g/mol. The zero-order valence-electron chi connectivity index (χ0n) is 11.3. The smallest absolute Gasteiger partial charge is 0.236 e. The van der Waals surface area contributed by atoms with Crippen molar-refractivity contribution in [2.24, 2.45) is 11.1 Å². The second-order valence-corrected chi connectivity index (χ2v) is 5.12. The summed E-state index contributed by atoms with van der Waals surface area (Å²) in [6.07, 6.45) is 0.132. The Kier molecular flexibility index (Phi) is 4.07. The highest BCUT2D eigenvalue weighted by Crippen LogP contribution is 2.28. The molecule has 0 atom stereocenters. The summed E-state index contributed by atoms with van der Waals surface area (Å²) in [5.74, 6) is 0.701. The van der Waals surface area contributed by atoms with Crippen molar-refractivity contribution in [2.45, 2.75) is 20.0 Å². The van der Waals surface area contributed by atoms with Gasteiger partial charge >= 0.3 is 0 Å². The van der Waals surface area contributed by atoms with Gasteiger partial charge in [-0.05, 0) is 38.1 Å². The molecule has 1 saturated heterocycles. The molecule has 3 N–H and O–H groups in total. The molecule has 0 aliphatic carbocycles. The minimum absolute atomic E-state index is 0.0845. The Balaban J connectivity index is 1.97. The van der Waals surface area contributed by atoms with Crippen LogP contribution in [0.15, 0.2) is 24.3 Å². The van der Waals surface area contributed by atoms with Crippen LogP contribution in [0, 0.1) is 5.41 Å². The van der Waals surface area contributed by atoms with Crippen LogP contribution in [-0.4, -0.2) is 31.8 Å². The summed E-state index contributed by atoms with van der Waals surface area (Å²) in [5.41, 5.74) is 5.82. The topological polar surface area (TPSA) is 73.6 Å². The molecule has 0 radical (unpaired) electrons. The quantitative estimate of drug-likeness (QED) is 0.842. The summed E-state index contributed by atoms with van der Waals surface area (Å²) in [7, 11) is 0. The second kappa shape index (κ2) is 5.59. The Morgan fingerprint density at radius 1 is 1.42 bits per heavy atom. The fraction of sp³-hybridized carbons (Fsp3) is 0.500. The number of hydrogen-bond donors (Lipinski definition) is 2. The first kappa shape index (κ1) is 13.8. The van der Waals surface area contributed by atoms with Gasteiger partial charge in [-0.15, -0.1) is 0 Å². The Hall–Kier alpha value is -1.59. The van der Waals surface area contributed by atoms with Gasteiger partial charge in [-0.25, -0.2) is 0 Å². The summed E-state index contributed by atoms with van der Waals surface area (Å²) in [5, 5.41) is 2.86. The van der Waals surface area contributed by atoms with Crippen molar-refractivity contribution < 1.29 is 14.3 Å². The van der Waals surface area contributed by atoms with Gasteiger partial charge < -0.3 is 20.5 Å². The van der Waals surface area contributed by atoms with Crippen molar-refractivity contribution in [3.05, 3.63) is 24.3 Å². The van der Waals surface area contributed by atoms with Gasteiger partial charge in [0.1, 0.15) is 11.2 Å². The molecule has 1 fully saturated rings. The summed E-state index contributed by atoms with van der Waals surface area (Å²) in [6.45, 7) is 5.02. The highest BCUT2D eigenvalue weighted by Gasteiger charge is 2.44. The number of ether oxygens (including phenoxy) is 2. The van der Waals surface area contributed by atoms with E-state index in [0.29, 0.717) is 19.8 Å². The van der Waals surface area contributed by atoms with E-state index in [1.54, 1.807) is 0 Å². The van der Waals surface area contributed by atoms with Crippen molar-refractivity contribution in [1.29, 1.82) is 0 Å². The van der Waals surface area contributed by atoms with Crippen LogP contribution in [0.2, 0.25) is 0 Å². The molecule has 0 spiro atoms. The van der Waals surface area contributed by atoms with E-state index in [1.807, 2.05) is 38.1 Å². The van der Waals surface area contributed by atoms with E-state index >= 15 is 0 Å². The lowest BCUT2D eigenvalue weighted by molar-refractivity contribution is -0.153. The molecule has 1 aliphatic heterocycles. The molecular formula is C14H20N2O3. The lowest BCUT2D eigenvalue weighted by Gasteiger charge is -2.38. The molecule has 1 aromatic carbocycles. The largest absolute Gasteiger partial charge is 0.491 e. The Labute approximate surface area is 113 Å². The summed E-state index contributed by atoms with van der Waals surface area (Å²) in [4.78, 5) is 12.1. The van der Waals surface area contributed by atoms with Crippen molar-refractivity contribution in [2.75, 3.05) is 25.1 Å². The van der Waals surface area contributed by atoms with Crippen LogP contribution in [-0.2, 0) is 9.53 Å². The second-order valence-electron chi connectivity index (χ2n) is 5.12. The zero-order valence-corrected chi connectivity index (χ0v) is 11.3. The summed E-state index contributed by atoms with van der Waals surface area (Å²) in [6, 6.07) is 7.31. The number of hydrogen-bond acceptors (Lipinski definition) is 4. The lowest BCUT2D eigenvalue weighted by Crippen LogP contribution is -2.56. The fourth-order valence-corrected chi connectivity index (χ4v) is 1.84. The highest BCUT2D eigenvalue weighted by atomic mass is 16.5. The number of amides is 1. The Morgan fingerprint density at radius 2 is 2.05 bits per heavy atom. The Morgan fingerprint density at radius 3 is 2.47 bits per heavy atom. The van der Waals surface area contributed by atoms with Crippen LogP contribution in [0.25, 0.3) is 0 Å². The molecule has 19 heavy (non-hydrogen) atoms. The van der Waals surface area contributed by atoms with Crippen LogP contribution in [0.3, 0.4) is 0 Å². The standard InChI is InChI=1S/C14H20N2O3/c1-10(2)19-12-5-3-11(4-6-12)16-13(17)14(7-15)8-18-9-14/h3-6,10H,7-9,15H2,1-2H3,(H,16,17). The first-order valence-electron chi connectivity index (χ1n) is 6.42. The molecule has 1 amide bonds. The third kappa shape index (κ3) is 3.05. The zero-order chi connectivity index (χ0) is 13.9. The van der Waals surface area contributed by atoms with E-state index in [1.165, 1.54) is 0 Å². The summed E-state index contributed by atoms with van der Waals surface area (Å²) >= 11 is 0. The van der Waals surface area contributed by atoms with Crippen LogP contribution in [0.4, 0.5) is 5.69 Å². The molecule has 0 bridgehead atoms. The first-order valence-corrected chi connectivity index (χ1v) is 6.42. The maximum atomic E-state index is 12.1. The van der Waals surface area contributed by atoms with Gasteiger partial charge in [-0.3, -0.25) is 4.79 Å². The molecule has 1 aromatic rings. The number of carbonyl (C=O) groups excluding carboxylic acids is 1. The van der Waals surface area contributed by atoms with Gasteiger partial charge in [0.15, 0.2) is 0 Å². The van der Waals surface area contributed by atoms with Gasteiger partial charge in [-0.2, -0.15) is 0 Å². The average molecular weight is 264 g/mol. The van der Waals surface area contributed by atoms with Gasteiger partial charge in [0, 0.05) is 12.2 Å². The van der Waals surface area contributed by atoms with Crippen LogP contribution < -0.4 is 15.8 Å². The minimum Gasteiger partial charge on any atom is -0.491 e. The van der Waals surface area contributed by atoms with Crippen molar-refractivity contribution >= 4 is 11.6 Å². The van der Waals surface area contributed by atoms with Crippen LogP contribution in [0.5, 0.6) is 5.75 Å². The number of benzene rings is 1. The number of rotatable bonds is 5. The van der Waals surface area contributed by atoms with Crippen molar-refractivity contribution in [3.8, 4) is 5.75 Å². The van der Waals surface area contributed by atoms with Crippen molar-refractivity contribution in [1.82, 2.24) is 0 Å². The van der Waals surface area contributed by atoms with Gasteiger partial charge in [0.05, 0.1) is 19.3 Å². The maximum absolute atomic E-state index is 12.1. The van der Waals surface area contributed by atoms with Crippen molar-refractivity contribution in [3.63, 3.8) is 0 Å². The van der Waals surface area contributed by atoms with E-state index in [-0.39, 0.29) is 12.0 Å². The van der Waals surface area contributed by atoms with E-state index in [9.17, 15) is 4.79 Å². The monoisotopic (exact) mass is 264 g/mol. The first-order chi connectivity index (χ1) is 9.05. The molecule has 1 heterocycles. The normalized spacial score (nSPS) is 16.8. The third-order valence-electron chi connectivity index (χ3n) is 3.11. The predicted octanol–water partition coefficient (Wildman–Crippen LogP) is 1.39. The molecule has 0 saturated carbocycles. The molecule has 5 heteroatoms. The number of carbonyl (C=O) groups is 1. The number of anilines is 1. The number of nitrogens with two attached hydrogens (primary N) is 1. The van der Waals surface area contributed by atoms with E-state index in [2.05, 4.69) is 5.32 Å². The van der Waals surface area contributed by atoms with Crippen LogP contribution >= 0.6 is 0 Å². The number of nitrogens with one attached hydrogen (secondary N) is 1. The average Bonchev–Trinajstić information content (AvgIpc) is 2.30. The molecule has 1 aliphatic rings. The van der Waals surface area contributed by atoms with E-state index < -0.39 is 5.41 Å². The molecule has 2 rings (SSSR count). The molecule has 0 unspecified atom stereocenters. The van der Waals surface area contributed by atoms with Crippen LogP contribution in [0.1, 0.15) is 13.8 Å². The highest BCUT2D eigenvalue weighted by molar-refractivity contribution is 5.96. The van der Waals surface area contributed by atoms with Gasteiger partial charge in [0.25, 0.3) is 0 Å². The SMILES string of the molecule is CC(C)Oc1ccc(NC(=O)C2(CN)COC2)cc1. The Bertz CT molecular complexity index is 433. The molecule has 0 aromatic heterocycles.